The van der Waals surface area contributed by atoms with Gasteiger partial charge in [0.15, 0.2) is 0 Å². The molecule has 31 heavy (non-hydrogen) atoms. The smallest absolute Gasteiger partial charge is 0.270 e. The molecule has 1 aromatic carbocycles. The average molecular weight is 422 g/mol. The molecule has 9 heteroatoms. The number of nitrogens with one attached hydrogen (secondary N) is 4. The van der Waals surface area contributed by atoms with E-state index in [4.69, 9.17) is 5.73 Å². The molecule has 1 aliphatic carbocycles. The summed E-state index contributed by atoms with van der Waals surface area (Å²) in [6.07, 6.45) is 11.0. The molecular formula is C22H27N7O2. The second-order valence-electron chi connectivity index (χ2n) is 8.58. The lowest BCUT2D eigenvalue weighted by Crippen LogP contribution is -2.42. The third-order valence-electron chi connectivity index (χ3n) is 6.48. The Balaban J connectivity index is 1.45. The lowest BCUT2D eigenvalue weighted by atomic mass is 9.84. The highest BCUT2D eigenvalue weighted by Gasteiger charge is 2.35. The van der Waals surface area contributed by atoms with Crippen LogP contribution in [0.5, 0.6) is 0 Å². The summed E-state index contributed by atoms with van der Waals surface area (Å²) in [6.45, 7) is 0. The van der Waals surface area contributed by atoms with E-state index >= 15 is 0 Å². The van der Waals surface area contributed by atoms with Crippen LogP contribution >= 0.6 is 0 Å². The highest BCUT2D eigenvalue weighted by atomic mass is 16.2. The van der Waals surface area contributed by atoms with Crippen LogP contribution in [0.2, 0.25) is 0 Å². The van der Waals surface area contributed by atoms with Crippen molar-refractivity contribution in [3.05, 3.63) is 47.4 Å². The summed E-state index contributed by atoms with van der Waals surface area (Å²) in [5.41, 5.74) is 16.4. The van der Waals surface area contributed by atoms with Gasteiger partial charge in [-0.1, -0.05) is 19.3 Å². The number of aromatic nitrogens is 2. The summed E-state index contributed by atoms with van der Waals surface area (Å²) in [6, 6.07) is 2.88. The van der Waals surface area contributed by atoms with Crippen LogP contribution in [0, 0.1) is 5.92 Å². The molecule has 2 atom stereocenters. The molecule has 0 bridgehead atoms. The van der Waals surface area contributed by atoms with Crippen LogP contribution in [0.4, 0.5) is 11.4 Å². The van der Waals surface area contributed by atoms with E-state index in [1.54, 1.807) is 23.1 Å². The van der Waals surface area contributed by atoms with Gasteiger partial charge in [0.2, 0.25) is 5.91 Å². The van der Waals surface area contributed by atoms with Crippen LogP contribution in [-0.4, -0.2) is 27.6 Å². The molecule has 2 aliphatic heterocycles. The Bertz CT molecular complexity index is 1070. The van der Waals surface area contributed by atoms with Crippen LogP contribution < -0.4 is 27.2 Å². The van der Waals surface area contributed by atoms with E-state index in [1.165, 1.54) is 6.42 Å². The third kappa shape index (κ3) is 3.54. The number of hydrogen-bond acceptors (Lipinski definition) is 6. The second-order valence-corrected chi connectivity index (χ2v) is 8.58. The highest BCUT2D eigenvalue weighted by molar-refractivity contribution is 6.07. The quantitative estimate of drug-likeness (QED) is 0.514. The van der Waals surface area contributed by atoms with Crippen LogP contribution in [0.1, 0.15) is 59.6 Å². The predicted molar refractivity (Wildman–Crippen MR) is 118 cm³/mol. The van der Waals surface area contributed by atoms with E-state index in [0.717, 1.165) is 48.1 Å². The lowest BCUT2D eigenvalue weighted by Gasteiger charge is -2.26. The zero-order chi connectivity index (χ0) is 21.5. The van der Waals surface area contributed by atoms with Crippen molar-refractivity contribution in [2.24, 2.45) is 18.7 Å². The molecule has 2 amide bonds. The number of hydrazine groups is 1. The first-order chi connectivity index (χ1) is 15.0. The van der Waals surface area contributed by atoms with Crippen LogP contribution in [0.3, 0.4) is 0 Å². The van der Waals surface area contributed by atoms with Crippen molar-refractivity contribution < 1.29 is 9.59 Å². The zero-order valence-electron chi connectivity index (χ0n) is 17.4. The van der Waals surface area contributed by atoms with Crippen molar-refractivity contribution in [1.29, 1.82) is 0 Å². The van der Waals surface area contributed by atoms with Gasteiger partial charge in [-0.05, 0) is 30.9 Å². The van der Waals surface area contributed by atoms with Gasteiger partial charge < -0.3 is 21.8 Å². The molecule has 3 aliphatic rings. The Hall–Kier alpha value is -3.33. The van der Waals surface area contributed by atoms with Gasteiger partial charge in [0.1, 0.15) is 0 Å². The molecule has 1 fully saturated rings. The van der Waals surface area contributed by atoms with E-state index in [9.17, 15) is 9.59 Å². The topological polar surface area (TPSA) is 126 Å². The summed E-state index contributed by atoms with van der Waals surface area (Å²) in [7, 11) is 1.87. The number of benzene rings is 1. The molecule has 1 unspecified atom stereocenters. The van der Waals surface area contributed by atoms with Crippen LogP contribution in [-0.2, 0) is 11.8 Å². The van der Waals surface area contributed by atoms with Crippen molar-refractivity contribution in [1.82, 2.24) is 20.6 Å². The zero-order valence-corrected chi connectivity index (χ0v) is 17.4. The van der Waals surface area contributed by atoms with E-state index in [1.807, 2.05) is 19.3 Å². The Labute approximate surface area is 180 Å². The number of carbonyl (C=O) groups excluding carboxylic acids is 2. The van der Waals surface area contributed by atoms with Gasteiger partial charge >= 0.3 is 0 Å². The third-order valence-corrected chi connectivity index (χ3v) is 6.48. The fraction of sp³-hybridized carbons (Fsp3) is 0.409. The summed E-state index contributed by atoms with van der Waals surface area (Å²) >= 11 is 0. The Morgan fingerprint density at radius 2 is 2.10 bits per heavy atom. The molecule has 0 saturated heterocycles. The van der Waals surface area contributed by atoms with Crippen LogP contribution in [0.15, 0.2) is 30.7 Å². The first-order valence-electron chi connectivity index (χ1n) is 10.8. The number of carbonyl (C=O) groups is 2. The molecule has 2 aromatic rings. The first-order valence-corrected chi connectivity index (χ1v) is 10.8. The van der Waals surface area contributed by atoms with Gasteiger partial charge in [-0.3, -0.25) is 19.7 Å². The lowest BCUT2D eigenvalue weighted by molar-refractivity contribution is -0.118. The minimum Gasteiger partial charge on any atom is -0.373 e. The molecule has 0 spiro atoms. The van der Waals surface area contributed by atoms with Gasteiger partial charge in [0, 0.05) is 47.5 Å². The molecule has 9 nitrogen and oxygen atoms in total. The molecular weight excluding hydrogens is 394 g/mol. The van der Waals surface area contributed by atoms with Crippen molar-refractivity contribution in [3.63, 3.8) is 0 Å². The monoisotopic (exact) mass is 421 g/mol. The van der Waals surface area contributed by atoms with Gasteiger partial charge in [-0.25, -0.2) is 0 Å². The molecule has 3 heterocycles. The van der Waals surface area contributed by atoms with E-state index in [2.05, 4.69) is 26.6 Å². The highest BCUT2D eigenvalue weighted by Crippen LogP contribution is 2.46. The molecule has 1 aromatic heterocycles. The first kappa shape index (κ1) is 19.6. The number of nitrogens with two attached hydrogens (primary N) is 1. The minimum atomic E-state index is -0.547. The SMILES string of the molecule is Cn1cc(C2Nc3cc(NC(=O)[C@@H](N)C4CCCCC4)cc4c3C2=CNNC4=O)cn1. The van der Waals surface area contributed by atoms with Crippen molar-refractivity contribution >= 4 is 28.8 Å². The Morgan fingerprint density at radius 1 is 1.29 bits per heavy atom. The Kier molecular flexibility index (Phi) is 4.90. The molecule has 5 rings (SSSR count). The number of anilines is 2. The Morgan fingerprint density at radius 3 is 2.84 bits per heavy atom. The fourth-order valence-electron chi connectivity index (χ4n) is 4.88. The standard InChI is InChI=1S/C22H27N7O2/c1-29-11-13(9-25-29)20-16-10-24-28-21(30)15-7-14(8-17(27-20)18(15)16)26-22(31)19(23)12-5-3-2-4-6-12/h7-12,19-20,24,27H,2-6,23H2,1H3,(H,26,31)(H,28,30)/t19-,20?/m0/s1. The summed E-state index contributed by atoms with van der Waals surface area (Å²) < 4.78 is 1.74. The maximum absolute atomic E-state index is 12.8. The number of hydrogen-bond donors (Lipinski definition) is 5. The maximum Gasteiger partial charge on any atom is 0.270 e. The summed E-state index contributed by atoms with van der Waals surface area (Å²) in [5.74, 6) is -0.257. The number of aryl methyl sites for hydroxylation is 1. The van der Waals surface area contributed by atoms with Crippen molar-refractivity contribution in [2.45, 2.75) is 44.2 Å². The van der Waals surface area contributed by atoms with Gasteiger partial charge in [-0.2, -0.15) is 5.10 Å². The number of amides is 2. The number of nitrogens with zero attached hydrogens (tertiary/aromatic N) is 2. The molecule has 0 radical (unpaired) electrons. The minimum absolute atomic E-state index is 0.155. The molecule has 1 saturated carbocycles. The molecule has 6 N–H and O–H groups in total. The van der Waals surface area contributed by atoms with Gasteiger partial charge in [0.25, 0.3) is 5.91 Å². The number of rotatable bonds is 4. The second kappa shape index (κ2) is 7.73. The van der Waals surface area contributed by atoms with E-state index < -0.39 is 6.04 Å². The summed E-state index contributed by atoms with van der Waals surface area (Å²) in [5, 5.41) is 10.7. The maximum atomic E-state index is 12.8. The van der Waals surface area contributed by atoms with E-state index in [0.29, 0.717) is 11.3 Å². The van der Waals surface area contributed by atoms with Gasteiger partial charge in [-0.15, -0.1) is 0 Å². The average Bonchev–Trinajstić information content (AvgIpc) is 3.31. The fourth-order valence-corrected chi connectivity index (χ4v) is 4.88. The normalized spacial score (nSPS) is 21.2. The largest absolute Gasteiger partial charge is 0.373 e. The van der Waals surface area contributed by atoms with Crippen molar-refractivity contribution in [3.8, 4) is 0 Å². The predicted octanol–water partition coefficient (Wildman–Crippen LogP) is 2.02. The molecule has 162 valence electrons. The van der Waals surface area contributed by atoms with Gasteiger partial charge in [0.05, 0.1) is 23.8 Å². The summed E-state index contributed by atoms with van der Waals surface area (Å²) in [4.78, 5) is 25.5. The van der Waals surface area contributed by atoms with Crippen LogP contribution in [0.25, 0.3) is 5.57 Å². The van der Waals surface area contributed by atoms with Crippen molar-refractivity contribution in [2.75, 3.05) is 10.6 Å². The van der Waals surface area contributed by atoms with E-state index in [-0.39, 0.29) is 23.8 Å².